The smallest absolute Gasteiger partial charge is 0.248 e. The van der Waals surface area contributed by atoms with Crippen LogP contribution in [0.25, 0.3) is 45.1 Å². The van der Waals surface area contributed by atoms with Crippen molar-refractivity contribution in [2.45, 2.75) is 6.92 Å². The number of fused-ring (bicyclic) bond motifs is 1. The maximum absolute atomic E-state index is 6.10. The second-order valence-electron chi connectivity index (χ2n) is 7.19. The third kappa shape index (κ3) is 3.33. The monoisotopic (exact) mass is 392 g/mol. The second-order valence-corrected chi connectivity index (χ2v) is 7.19. The van der Waals surface area contributed by atoms with Crippen LogP contribution in [-0.4, -0.2) is 17.1 Å². The molecule has 146 valence electrons. The Hall–Kier alpha value is -3.92. The molecule has 4 nitrogen and oxygen atoms in total. The summed E-state index contributed by atoms with van der Waals surface area (Å²) in [4.78, 5) is 9.58. The Bertz CT molecular complexity index is 1310. The number of nitrogens with zero attached hydrogens (tertiary/aromatic N) is 2. The number of pyridine rings is 1. The Kier molecular flexibility index (Phi) is 4.52. The van der Waals surface area contributed by atoms with E-state index in [9.17, 15) is 0 Å². The van der Waals surface area contributed by atoms with Gasteiger partial charge in [-0.3, -0.25) is 0 Å². The fraction of sp³-hybridized carbons (Fsp3) is 0.0769. The average molecular weight is 392 g/mol. The Morgan fingerprint density at radius 1 is 0.733 bits per heavy atom. The zero-order valence-electron chi connectivity index (χ0n) is 16.8. The quantitative estimate of drug-likeness (QED) is 0.348. The van der Waals surface area contributed by atoms with E-state index in [0.717, 1.165) is 39.2 Å². The Labute approximate surface area is 174 Å². The maximum atomic E-state index is 6.10. The summed E-state index contributed by atoms with van der Waals surface area (Å²) in [6.07, 6.45) is 0. The molecule has 3 aromatic carbocycles. The number of benzene rings is 3. The summed E-state index contributed by atoms with van der Waals surface area (Å²) >= 11 is 0. The van der Waals surface area contributed by atoms with Crippen LogP contribution >= 0.6 is 0 Å². The molecule has 2 aromatic heterocycles. The molecule has 0 N–H and O–H groups in total. The molecule has 2 heterocycles. The van der Waals surface area contributed by atoms with E-state index in [4.69, 9.17) is 19.1 Å². The normalized spacial score (nSPS) is 11.0. The molecular weight excluding hydrogens is 372 g/mol. The minimum Gasteiger partial charge on any atom is -0.497 e. The summed E-state index contributed by atoms with van der Waals surface area (Å²) in [5.74, 6) is 1.38. The Morgan fingerprint density at radius 2 is 1.43 bits per heavy atom. The van der Waals surface area contributed by atoms with Crippen molar-refractivity contribution in [3.8, 4) is 39.6 Å². The van der Waals surface area contributed by atoms with Crippen LogP contribution in [0.3, 0.4) is 0 Å². The Morgan fingerprint density at radius 3 is 2.13 bits per heavy atom. The number of methoxy groups -OCH3 is 1. The average Bonchev–Trinajstić information content (AvgIpc) is 3.24. The summed E-state index contributed by atoms with van der Waals surface area (Å²) in [6.45, 7) is 2.08. The van der Waals surface area contributed by atoms with Gasteiger partial charge < -0.3 is 9.15 Å². The van der Waals surface area contributed by atoms with Crippen molar-refractivity contribution in [3.05, 3.63) is 90.5 Å². The zero-order chi connectivity index (χ0) is 20.5. The fourth-order valence-corrected chi connectivity index (χ4v) is 3.48. The van der Waals surface area contributed by atoms with Crippen molar-refractivity contribution in [1.82, 2.24) is 9.97 Å². The predicted octanol–water partition coefficient (Wildman–Crippen LogP) is 6.54. The van der Waals surface area contributed by atoms with Gasteiger partial charge in [0.25, 0.3) is 0 Å². The number of oxazole rings is 1. The molecule has 5 rings (SSSR count). The van der Waals surface area contributed by atoms with Crippen LogP contribution in [0.15, 0.2) is 89.3 Å². The summed E-state index contributed by atoms with van der Waals surface area (Å²) in [6, 6.07) is 28.3. The van der Waals surface area contributed by atoms with Gasteiger partial charge in [-0.2, -0.15) is 0 Å². The number of hydrogen-bond donors (Lipinski definition) is 0. The molecule has 0 bridgehead atoms. The first-order valence-electron chi connectivity index (χ1n) is 9.80. The highest BCUT2D eigenvalue weighted by atomic mass is 16.5. The van der Waals surface area contributed by atoms with Crippen LogP contribution in [0.5, 0.6) is 5.75 Å². The van der Waals surface area contributed by atoms with Crippen molar-refractivity contribution in [2.24, 2.45) is 0 Å². The molecule has 0 aliphatic heterocycles. The summed E-state index contributed by atoms with van der Waals surface area (Å²) < 4.78 is 11.4. The SMILES string of the molecule is COc1ccc(-c2cc(-c3ccc(C)cc3)nc3oc(-c4ccccc4)nc23)cc1. The molecule has 0 aliphatic rings. The van der Waals surface area contributed by atoms with Crippen LogP contribution in [0.2, 0.25) is 0 Å². The van der Waals surface area contributed by atoms with Crippen LogP contribution in [0.1, 0.15) is 5.56 Å². The molecule has 0 fully saturated rings. The molecule has 0 saturated carbocycles. The van der Waals surface area contributed by atoms with Gasteiger partial charge in [0.05, 0.1) is 12.8 Å². The predicted molar refractivity (Wildman–Crippen MR) is 119 cm³/mol. The third-order valence-electron chi connectivity index (χ3n) is 5.14. The van der Waals surface area contributed by atoms with Gasteiger partial charge in [-0.15, -0.1) is 0 Å². The van der Waals surface area contributed by atoms with Gasteiger partial charge in [0.1, 0.15) is 11.3 Å². The topological polar surface area (TPSA) is 48.2 Å². The lowest BCUT2D eigenvalue weighted by Gasteiger charge is -2.07. The van der Waals surface area contributed by atoms with Crippen LogP contribution in [-0.2, 0) is 0 Å². The van der Waals surface area contributed by atoms with E-state index in [-0.39, 0.29) is 0 Å². The molecule has 0 spiro atoms. The second kappa shape index (κ2) is 7.48. The first-order valence-corrected chi connectivity index (χ1v) is 9.80. The molecule has 5 aromatic rings. The molecule has 0 saturated heterocycles. The molecule has 0 atom stereocenters. The van der Waals surface area contributed by atoms with Crippen LogP contribution in [0, 0.1) is 6.92 Å². The van der Waals surface area contributed by atoms with E-state index >= 15 is 0 Å². The van der Waals surface area contributed by atoms with Crippen molar-refractivity contribution in [1.29, 1.82) is 0 Å². The van der Waals surface area contributed by atoms with Gasteiger partial charge >= 0.3 is 0 Å². The van der Waals surface area contributed by atoms with Crippen LogP contribution < -0.4 is 4.74 Å². The van der Waals surface area contributed by atoms with Crippen molar-refractivity contribution in [2.75, 3.05) is 7.11 Å². The zero-order valence-corrected chi connectivity index (χ0v) is 16.8. The summed E-state index contributed by atoms with van der Waals surface area (Å²) in [5.41, 5.74) is 7.30. The lowest BCUT2D eigenvalue weighted by molar-refractivity contribution is 0.415. The fourth-order valence-electron chi connectivity index (χ4n) is 3.48. The molecule has 4 heteroatoms. The Balaban J connectivity index is 1.73. The lowest BCUT2D eigenvalue weighted by Crippen LogP contribution is -1.89. The van der Waals surface area contributed by atoms with Gasteiger partial charge in [-0.25, -0.2) is 9.97 Å². The van der Waals surface area contributed by atoms with Gasteiger partial charge in [0.2, 0.25) is 11.6 Å². The van der Waals surface area contributed by atoms with E-state index < -0.39 is 0 Å². The lowest BCUT2D eigenvalue weighted by atomic mass is 10.0. The number of ether oxygens (including phenoxy) is 1. The molecule has 0 unspecified atom stereocenters. The third-order valence-corrected chi connectivity index (χ3v) is 5.14. The number of aryl methyl sites for hydroxylation is 1. The first kappa shape index (κ1) is 18.1. The molecule has 0 radical (unpaired) electrons. The number of hydrogen-bond acceptors (Lipinski definition) is 4. The van der Waals surface area contributed by atoms with Gasteiger partial charge in [-0.1, -0.05) is 60.2 Å². The highest BCUT2D eigenvalue weighted by Crippen LogP contribution is 2.35. The summed E-state index contributed by atoms with van der Waals surface area (Å²) in [5, 5.41) is 0. The van der Waals surface area contributed by atoms with Crippen LogP contribution in [0.4, 0.5) is 0 Å². The first-order chi connectivity index (χ1) is 14.7. The molecule has 0 aliphatic carbocycles. The van der Waals surface area contributed by atoms with Gasteiger partial charge in [0, 0.05) is 16.7 Å². The van der Waals surface area contributed by atoms with Gasteiger partial charge in [0.15, 0.2) is 0 Å². The molecule has 0 amide bonds. The number of aromatic nitrogens is 2. The van der Waals surface area contributed by atoms with E-state index in [1.165, 1.54) is 5.56 Å². The van der Waals surface area contributed by atoms with E-state index in [1.54, 1.807) is 7.11 Å². The van der Waals surface area contributed by atoms with E-state index in [0.29, 0.717) is 11.6 Å². The van der Waals surface area contributed by atoms with Crippen molar-refractivity contribution in [3.63, 3.8) is 0 Å². The molecular formula is C26H20N2O2. The van der Waals surface area contributed by atoms with E-state index in [1.807, 2.05) is 54.6 Å². The standard InChI is InChI=1S/C26H20N2O2/c1-17-8-10-19(11-9-17)23-16-22(18-12-14-21(29-2)15-13-18)24-26(27-23)30-25(28-24)20-6-4-3-5-7-20/h3-16H,1-2H3. The highest BCUT2D eigenvalue weighted by molar-refractivity contribution is 5.92. The summed E-state index contributed by atoms with van der Waals surface area (Å²) in [7, 11) is 1.67. The highest BCUT2D eigenvalue weighted by Gasteiger charge is 2.17. The van der Waals surface area contributed by atoms with Crippen molar-refractivity contribution < 1.29 is 9.15 Å². The van der Waals surface area contributed by atoms with E-state index in [2.05, 4.69) is 37.3 Å². The minimum absolute atomic E-state index is 0.526. The minimum atomic E-state index is 0.526. The largest absolute Gasteiger partial charge is 0.497 e. The maximum Gasteiger partial charge on any atom is 0.248 e. The molecule has 30 heavy (non-hydrogen) atoms. The van der Waals surface area contributed by atoms with Gasteiger partial charge in [-0.05, 0) is 42.8 Å². The van der Waals surface area contributed by atoms with Crippen molar-refractivity contribution >= 4 is 11.2 Å². The number of rotatable bonds is 4.